The molecule has 5 heteroatoms. The molecule has 0 N–H and O–H groups in total. The van der Waals surface area contributed by atoms with Crippen LogP contribution in [0.2, 0.25) is 0 Å². The molecule has 0 aliphatic carbocycles. The smallest absolute Gasteiger partial charge is 1.00 e. The van der Waals surface area contributed by atoms with E-state index in [1.54, 1.807) is 0 Å². The monoisotopic (exact) mass is 282 g/mol. The Morgan fingerprint density at radius 1 is 0.600 bits per heavy atom. The molecule has 0 spiro atoms. The summed E-state index contributed by atoms with van der Waals surface area (Å²) >= 11 is 0. The van der Waals surface area contributed by atoms with E-state index in [9.17, 15) is 0 Å². The van der Waals surface area contributed by atoms with Gasteiger partial charge in [-0.05, 0) is 0 Å². The molecule has 0 bridgehead atoms. The topological polar surface area (TPSA) is 0 Å². The third-order valence-corrected chi connectivity index (χ3v) is 0. The molecule has 32 valence electrons. The Kier molecular flexibility index (Phi) is 363. The molecule has 0 aromatic heterocycles. The largest absolute Gasteiger partial charge is 4.00 e. The van der Waals surface area contributed by atoms with Crippen LogP contribution in [0.4, 0.5) is 0 Å². The Morgan fingerprint density at radius 3 is 0.600 bits per heavy atom. The Bertz CT molecular complexity index is 6.85. The molecule has 0 fully saturated rings. The Labute approximate surface area is 82.0 Å². The first-order chi connectivity index (χ1) is 0. The van der Waals surface area contributed by atoms with Gasteiger partial charge in [0.25, 0.3) is 0 Å². The van der Waals surface area contributed by atoms with Crippen LogP contribution in [0.5, 0.6) is 0 Å². The summed E-state index contributed by atoms with van der Waals surface area (Å²) in [7, 11) is 0. The van der Waals surface area contributed by atoms with E-state index < -0.39 is 0 Å². The van der Waals surface area contributed by atoms with Crippen LogP contribution in [-0.4, -0.2) is 0 Å². The molecule has 0 rings (SSSR count). The minimum Gasteiger partial charge on any atom is -1.00 e. The quantitative estimate of drug-likeness (QED) is 0.306. The van der Waals surface area contributed by atoms with Crippen LogP contribution in [0.1, 0.15) is 0 Å². The van der Waals surface area contributed by atoms with E-state index in [4.69, 9.17) is 0 Å². The summed E-state index contributed by atoms with van der Waals surface area (Å²) in [5.74, 6) is 0. The maximum Gasteiger partial charge on any atom is 4.00 e. The minimum atomic E-state index is 0. The maximum absolute atomic E-state index is 0. The van der Waals surface area contributed by atoms with Crippen LogP contribution >= 0.6 is 0 Å². The molecule has 0 unspecified atom stereocenters. The van der Waals surface area contributed by atoms with Gasteiger partial charge in [0.15, 0.2) is 0 Å². The molecule has 0 radical (unpaired) electrons. The molecule has 0 heterocycles. The van der Waals surface area contributed by atoms with Crippen molar-refractivity contribution < 1.29 is 82.9 Å². The molecular weight excluding hydrogens is 281 g/mol. The van der Waals surface area contributed by atoms with E-state index >= 15 is 0 Å². The van der Waals surface area contributed by atoms with Gasteiger partial charge in [-0.2, -0.15) is 0 Å². The Morgan fingerprint density at radius 2 is 0.600 bits per heavy atom. The predicted molar refractivity (Wildman–Crippen MR) is 2.79 cm³/mol. The van der Waals surface area contributed by atoms with E-state index in [0.29, 0.717) is 0 Å². The van der Waals surface area contributed by atoms with Gasteiger partial charge in [0, 0.05) is 0 Å². The van der Waals surface area contributed by atoms with Gasteiger partial charge < -0.3 is 37.2 Å². The average molecular weight is 283 g/mol. The summed E-state index contributed by atoms with van der Waals surface area (Å²) in [6, 6.07) is 0. The molecule has 0 aliphatic heterocycles. The molecule has 0 aromatic rings. The van der Waals surface area contributed by atoms with Crippen molar-refractivity contribution in [1.82, 2.24) is 0 Å². The molecule has 0 amide bonds. The number of halogens is 4. The summed E-state index contributed by atoms with van der Waals surface area (Å²) in [6.45, 7) is 0. The number of hydrogen-bond donors (Lipinski definition) is 0. The SMILES string of the molecule is [Cl-].[Cl-].[Cl-].[IH2+].[Ti+4]. The Balaban J connectivity index is 0. The molecule has 5 heavy (non-hydrogen) atoms. The summed E-state index contributed by atoms with van der Waals surface area (Å²) in [5.41, 5.74) is 0. The van der Waals surface area contributed by atoms with Crippen molar-refractivity contribution in [2.75, 3.05) is 0 Å². The predicted octanol–water partition coefficient (Wildman–Crippen LogP) is -12.5. The Hall–Kier alpha value is 2.31. The van der Waals surface area contributed by atoms with Gasteiger partial charge in [-0.15, -0.1) is 0 Å². The fourth-order valence-electron chi connectivity index (χ4n) is 0. The van der Waals surface area contributed by atoms with Crippen molar-refractivity contribution >= 4 is 0 Å². The fraction of sp³-hybridized carbons (Fsp3) is 0. The first-order valence-corrected chi connectivity index (χ1v) is 0. The molecule has 0 aromatic carbocycles. The van der Waals surface area contributed by atoms with Crippen molar-refractivity contribution in [1.29, 1.82) is 0 Å². The van der Waals surface area contributed by atoms with E-state index in [1.165, 1.54) is 0 Å². The second kappa shape index (κ2) is 33.3. The third kappa shape index (κ3) is 21.9. The van der Waals surface area contributed by atoms with Gasteiger partial charge in [0.2, 0.25) is 24.0 Å². The zero-order valence-corrected chi connectivity index (χ0v) is 8.46. The standard InChI is InChI=1S/3ClH.H2I.Ti/h3*1H;1H2;/q;;;+1;+4/p-3. The fourth-order valence-corrected chi connectivity index (χ4v) is 0. The second-order valence-electron chi connectivity index (χ2n) is 0. The van der Waals surface area contributed by atoms with Crippen LogP contribution in [0.25, 0.3) is 0 Å². The van der Waals surface area contributed by atoms with Gasteiger partial charge in [-0.3, -0.25) is 0 Å². The van der Waals surface area contributed by atoms with E-state index in [1.807, 2.05) is 0 Å². The summed E-state index contributed by atoms with van der Waals surface area (Å²) in [5, 5.41) is 0. The minimum absolute atomic E-state index is 0. The van der Waals surface area contributed by atoms with Gasteiger partial charge >= 0.3 is 21.7 Å². The van der Waals surface area contributed by atoms with Crippen molar-refractivity contribution in [3.8, 4) is 0 Å². The van der Waals surface area contributed by atoms with Gasteiger partial charge in [-0.25, -0.2) is 0 Å². The maximum atomic E-state index is 0. The summed E-state index contributed by atoms with van der Waals surface area (Å²) in [4.78, 5) is 0. The van der Waals surface area contributed by atoms with Gasteiger partial charge in [0.05, 0.1) is 0 Å². The van der Waals surface area contributed by atoms with Crippen molar-refractivity contribution in [3.63, 3.8) is 0 Å². The number of hydrogen-bond acceptors (Lipinski definition) is 0. The molecule has 0 aliphatic rings. The second-order valence-corrected chi connectivity index (χ2v) is 0. The van der Waals surface area contributed by atoms with E-state index in [0.717, 1.165) is 0 Å². The van der Waals surface area contributed by atoms with Crippen LogP contribution in [-0.2, 0) is 21.7 Å². The number of rotatable bonds is 0. The zero-order chi connectivity index (χ0) is 0. The average Bonchev–Trinajstić information content (AvgIpc) is 0. The van der Waals surface area contributed by atoms with Gasteiger partial charge in [-0.1, -0.05) is 0 Å². The summed E-state index contributed by atoms with van der Waals surface area (Å²) in [6.07, 6.45) is 0. The zero-order valence-electron chi connectivity index (χ0n) is 2.08. The van der Waals surface area contributed by atoms with Crippen LogP contribution in [0.15, 0.2) is 0 Å². The first-order valence-electron chi connectivity index (χ1n) is 0. The van der Waals surface area contributed by atoms with Crippen LogP contribution in [0, 0.1) is 0 Å². The van der Waals surface area contributed by atoms with Crippen LogP contribution < -0.4 is 61.2 Å². The van der Waals surface area contributed by atoms with E-state index in [-0.39, 0.29) is 82.9 Å². The van der Waals surface area contributed by atoms with Gasteiger partial charge in [0.1, 0.15) is 0 Å². The molecule has 0 saturated carbocycles. The molecule has 0 atom stereocenters. The van der Waals surface area contributed by atoms with Crippen LogP contribution in [0.3, 0.4) is 0 Å². The molecular formula is H2Cl3ITi+2. The van der Waals surface area contributed by atoms with Crippen molar-refractivity contribution in [2.45, 2.75) is 0 Å². The van der Waals surface area contributed by atoms with Crippen molar-refractivity contribution in [3.05, 3.63) is 0 Å². The molecule has 0 nitrogen and oxygen atoms in total. The van der Waals surface area contributed by atoms with Crippen molar-refractivity contribution in [2.24, 2.45) is 0 Å². The summed E-state index contributed by atoms with van der Waals surface area (Å²) < 4.78 is 0. The first kappa shape index (κ1) is 54.4. The normalized spacial score (nSPS) is 0. The third-order valence-electron chi connectivity index (χ3n) is 0. The van der Waals surface area contributed by atoms with E-state index in [2.05, 4.69) is 0 Å². The molecule has 0 saturated heterocycles.